The third-order valence-corrected chi connectivity index (χ3v) is 5.39. The highest BCUT2D eigenvalue weighted by molar-refractivity contribution is 5.89. The number of carbonyl (C=O) groups is 3. The van der Waals surface area contributed by atoms with Crippen LogP contribution in [0.3, 0.4) is 0 Å². The summed E-state index contributed by atoms with van der Waals surface area (Å²) in [6, 6.07) is 0. The Labute approximate surface area is 138 Å². The second-order valence-corrected chi connectivity index (χ2v) is 7.07. The maximum atomic E-state index is 13.2. The van der Waals surface area contributed by atoms with E-state index in [9.17, 15) is 23.2 Å². The molecular weight excluding hydrogens is 322 g/mol. The van der Waals surface area contributed by atoms with Gasteiger partial charge in [0.05, 0.1) is 11.8 Å². The summed E-state index contributed by atoms with van der Waals surface area (Å²) >= 11 is 0. The number of nitrogens with zero attached hydrogens (tertiary/aromatic N) is 2. The van der Waals surface area contributed by atoms with Gasteiger partial charge >= 0.3 is 5.97 Å². The summed E-state index contributed by atoms with van der Waals surface area (Å²) < 4.78 is 26.3. The van der Waals surface area contributed by atoms with E-state index < -0.39 is 23.7 Å². The van der Waals surface area contributed by atoms with Crippen molar-refractivity contribution in [3.63, 3.8) is 0 Å². The zero-order valence-corrected chi connectivity index (χ0v) is 13.4. The summed E-state index contributed by atoms with van der Waals surface area (Å²) in [4.78, 5) is 38.6. The van der Waals surface area contributed by atoms with E-state index in [1.165, 1.54) is 4.90 Å². The lowest BCUT2D eigenvalue weighted by Crippen LogP contribution is -2.48. The Bertz CT molecular complexity index is 536. The zero-order valence-electron chi connectivity index (χ0n) is 13.4. The van der Waals surface area contributed by atoms with Crippen molar-refractivity contribution in [2.45, 2.75) is 38.0 Å². The number of carboxylic acid groups (broad SMARTS) is 1. The molecule has 2 atom stereocenters. The molecular formula is C16H22F2N2O4. The van der Waals surface area contributed by atoms with E-state index in [-0.39, 0.29) is 43.7 Å². The summed E-state index contributed by atoms with van der Waals surface area (Å²) in [7, 11) is 0. The number of carbonyl (C=O) groups excluding carboxylic acids is 2. The highest BCUT2D eigenvalue weighted by Gasteiger charge is 2.50. The fourth-order valence-corrected chi connectivity index (χ4v) is 3.63. The summed E-state index contributed by atoms with van der Waals surface area (Å²) in [5, 5.41) is 8.89. The van der Waals surface area contributed by atoms with Crippen LogP contribution >= 0.6 is 0 Å². The SMILES string of the molecule is O=C(O)[C@@H]1C[C@H]1C(=O)N1CCC(C(=O)N2CCC(F)(F)CC2)CC1. The van der Waals surface area contributed by atoms with E-state index in [0.29, 0.717) is 32.4 Å². The van der Waals surface area contributed by atoms with Crippen LogP contribution < -0.4 is 0 Å². The van der Waals surface area contributed by atoms with Crippen molar-refractivity contribution in [1.82, 2.24) is 9.80 Å². The molecule has 0 unspecified atom stereocenters. The Morgan fingerprint density at radius 3 is 1.92 bits per heavy atom. The van der Waals surface area contributed by atoms with Crippen LogP contribution in [0, 0.1) is 17.8 Å². The van der Waals surface area contributed by atoms with Crippen LogP contribution in [-0.4, -0.2) is 64.8 Å². The van der Waals surface area contributed by atoms with Crippen LogP contribution in [0.25, 0.3) is 0 Å². The molecule has 0 radical (unpaired) electrons. The lowest BCUT2D eigenvalue weighted by molar-refractivity contribution is -0.146. The minimum atomic E-state index is -2.67. The fraction of sp³-hybridized carbons (Fsp3) is 0.812. The third kappa shape index (κ3) is 3.52. The van der Waals surface area contributed by atoms with Gasteiger partial charge in [0.1, 0.15) is 0 Å². The van der Waals surface area contributed by atoms with Gasteiger partial charge < -0.3 is 14.9 Å². The Hall–Kier alpha value is -1.73. The average molecular weight is 344 g/mol. The minimum absolute atomic E-state index is 0.0903. The van der Waals surface area contributed by atoms with E-state index >= 15 is 0 Å². The van der Waals surface area contributed by atoms with Gasteiger partial charge in [-0.25, -0.2) is 8.78 Å². The second-order valence-electron chi connectivity index (χ2n) is 7.07. The smallest absolute Gasteiger partial charge is 0.307 e. The molecule has 2 amide bonds. The van der Waals surface area contributed by atoms with Gasteiger partial charge in [0, 0.05) is 44.9 Å². The molecule has 3 fully saturated rings. The van der Waals surface area contributed by atoms with Crippen molar-refractivity contribution in [3.05, 3.63) is 0 Å². The van der Waals surface area contributed by atoms with E-state index in [4.69, 9.17) is 5.11 Å². The molecule has 134 valence electrons. The number of aliphatic carboxylic acids is 1. The number of likely N-dealkylation sites (tertiary alicyclic amines) is 2. The molecule has 2 aliphatic heterocycles. The molecule has 3 rings (SSSR count). The third-order valence-electron chi connectivity index (χ3n) is 5.39. The minimum Gasteiger partial charge on any atom is -0.481 e. The molecule has 1 aliphatic carbocycles. The molecule has 0 spiro atoms. The predicted molar refractivity (Wildman–Crippen MR) is 79.3 cm³/mol. The average Bonchev–Trinajstić information content (AvgIpc) is 3.34. The molecule has 24 heavy (non-hydrogen) atoms. The highest BCUT2D eigenvalue weighted by Crippen LogP contribution is 2.40. The summed E-state index contributed by atoms with van der Waals surface area (Å²) in [5.74, 6) is -5.03. The molecule has 0 aromatic carbocycles. The molecule has 0 bridgehead atoms. The van der Waals surface area contributed by atoms with Gasteiger partial charge in [-0.15, -0.1) is 0 Å². The molecule has 3 aliphatic rings. The van der Waals surface area contributed by atoms with Crippen molar-refractivity contribution < 1.29 is 28.3 Å². The Morgan fingerprint density at radius 2 is 1.42 bits per heavy atom. The van der Waals surface area contributed by atoms with Crippen molar-refractivity contribution in [2.24, 2.45) is 17.8 Å². The van der Waals surface area contributed by atoms with Crippen molar-refractivity contribution >= 4 is 17.8 Å². The van der Waals surface area contributed by atoms with Gasteiger partial charge in [0.15, 0.2) is 0 Å². The van der Waals surface area contributed by atoms with Crippen LogP contribution in [0.1, 0.15) is 32.1 Å². The first-order valence-corrected chi connectivity index (χ1v) is 8.47. The number of rotatable bonds is 3. The molecule has 0 aromatic heterocycles. The normalized spacial score (nSPS) is 30.1. The van der Waals surface area contributed by atoms with Crippen LogP contribution in [0.15, 0.2) is 0 Å². The topological polar surface area (TPSA) is 77.9 Å². The first-order valence-electron chi connectivity index (χ1n) is 8.47. The lowest BCUT2D eigenvalue weighted by atomic mass is 9.93. The van der Waals surface area contributed by atoms with Gasteiger partial charge in [-0.05, 0) is 19.3 Å². The Kier molecular flexibility index (Phi) is 4.48. The molecule has 1 N–H and O–H groups in total. The van der Waals surface area contributed by atoms with Gasteiger partial charge in [0.2, 0.25) is 11.8 Å². The summed E-state index contributed by atoms with van der Waals surface area (Å²) in [5.41, 5.74) is 0. The summed E-state index contributed by atoms with van der Waals surface area (Å²) in [6.45, 7) is 1.05. The van der Waals surface area contributed by atoms with Gasteiger partial charge in [0.25, 0.3) is 5.92 Å². The second kappa shape index (κ2) is 6.29. The Morgan fingerprint density at radius 1 is 0.875 bits per heavy atom. The van der Waals surface area contributed by atoms with E-state index in [0.717, 1.165) is 0 Å². The van der Waals surface area contributed by atoms with Gasteiger partial charge in [-0.2, -0.15) is 0 Å². The molecule has 1 saturated carbocycles. The van der Waals surface area contributed by atoms with Crippen LogP contribution in [0.2, 0.25) is 0 Å². The van der Waals surface area contributed by atoms with E-state index in [1.807, 2.05) is 0 Å². The quantitative estimate of drug-likeness (QED) is 0.835. The number of piperidine rings is 2. The number of halogens is 2. The predicted octanol–water partition coefficient (Wildman–Crippen LogP) is 1.20. The van der Waals surface area contributed by atoms with Crippen molar-refractivity contribution in [1.29, 1.82) is 0 Å². The number of alkyl halides is 2. The van der Waals surface area contributed by atoms with Gasteiger partial charge in [-0.1, -0.05) is 0 Å². The highest BCUT2D eigenvalue weighted by atomic mass is 19.3. The van der Waals surface area contributed by atoms with E-state index in [1.54, 1.807) is 4.90 Å². The lowest BCUT2D eigenvalue weighted by Gasteiger charge is -2.37. The fourth-order valence-electron chi connectivity index (χ4n) is 3.63. The maximum absolute atomic E-state index is 13.2. The monoisotopic (exact) mass is 344 g/mol. The molecule has 0 aromatic rings. The first-order chi connectivity index (χ1) is 11.3. The summed E-state index contributed by atoms with van der Waals surface area (Å²) in [6.07, 6.45) is 0.863. The number of carboxylic acids is 1. The van der Waals surface area contributed by atoms with Crippen LogP contribution in [-0.2, 0) is 14.4 Å². The Balaban J connectivity index is 1.46. The largest absolute Gasteiger partial charge is 0.481 e. The van der Waals surface area contributed by atoms with Crippen molar-refractivity contribution in [3.8, 4) is 0 Å². The maximum Gasteiger partial charge on any atom is 0.307 e. The van der Waals surface area contributed by atoms with Crippen LogP contribution in [0.4, 0.5) is 8.78 Å². The zero-order chi connectivity index (χ0) is 17.5. The number of hydrogen-bond acceptors (Lipinski definition) is 3. The van der Waals surface area contributed by atoms with Crippen LogP contribution in [0.5, 0.6) is 0 Å². The van der Waals surface area contributed by atoms with Gasteiger partial charge in [-0.3, -0.25) is 14.4 Å². The number of amides is 2. The first kappa shape index (κ1) is 17.1. The number of hydrogen-bond donors (Lipinski definition) is 1. The molecule has 2 heterocycles. The molecule has 2 saturated heterocycles. The molecule has 6 nitrogen and oxygen atoms in total. The molecule has 8 heteroatoms. The standard InChI is InChI=1S/C16H22F2N2O4/c17-16(18)3-7-20(8-4-16)13(21)10-1-5-19(6-2-10)14(22)11-9-12(11)15(23)24/h10-12H,1-9H2,(H,23,24)/t11-,12-/m1/s1. The van der Waals surface area contributed by atoms with Crippen molar-refractivity contribution in [2.75, 3.05) is 26.2 Å². The van der Waals surface area contributed by atoms with E-state index in [2.05, 4.69) is 0 Å².